The van der Waals surface area contributed by atoms with Gasteiger partial charge in [-0.3, -0.25) is 14.9 Å². The quantitative estimate of drug-likeness (QED) is 0.417. The van der Waals surface area contributed by atoms with Gasteiger partial charge in [-0.1, -0.05) is 18.2 Å². The predicted molar refractivity (Wildman–Crippen MR) is 113 cm³/mol. The molecule has 8 heteroatoms. The first-order valence-corrected chi connectivity index (χ1v) is 9.60. The molecule has 30 heavy (non-hydrogen) atoms. The number of anilines is 2. The number of fused-ring (bicyclic) bond motifs is 2. The van der Waals surface area contributed by atoms with Gasteiger partial charge in [0.15, 0.2) is 6.17 Å². The van der Waals surface area contributed by atoms with Gasteiger partial charge < -0.3 is 16.0 Å². The molecule has 4 aromatic rings. The average Bonchev–Trinajstić information content (AvgIpc) is 3.36. The van der Waals surface area contributed by atoms with E-state index >= 15 is 0 Å². The van der Waals surface area contributed by atoms with Crippen LogP contribution < -0.4 is 16.0 Å². The standard InChI is InChI=1S/C22H19FN6O/c1-12(14-4-2-3-5-16(14)23)25-22(30)21-26-18-10-15-17(11-19(18)27-21)28-29-20(15)13-6-8-24-9-7-13/h2-12,21,26-27H,1H3,(H,25,30)(H,28,29). The van der Waals surface area contributed by atoms with Crippen LogP contribution in [0, 0.1) is 5.82 Å². The van der Waals surface area contributed by atoms with Gasteiger partial charge in [-0.15, -0.1) is 0 Å². The summed E-state index contributed by atoms with van der Waals surface area (Å²) >= 11 is 0. The molecule has 1 amide bonds. The lowest BCUT2D eigenvalue weighted by Crippen LogP contribution is -2.42. The summed E-state index contributed by atoms with van der Waals surface area (Å²) in [5.41, 5.74) is 4.68. The Balaban J connectivity index is 1.37. The maximum Gasteiger partial charge on any atom is 0.263 e. The van der Waals surface area contributed by atoms with Crippen molar-refractivity contribution in [1.82, 2.24) is 20.5 Å². The summed E-state index contributed by atoms with van der Waals surface area (Å²) in [7, 11) is 0. The van der Waals surface area contributed by atoms with Crippen LogP contribution in [0.1, 0.15) is 18.5 Å². The first-order chi connectivity index (χ1) is 14.6. The molecule has 2 atom stereocenters. The second-order valence-corrected chi connectivity index (χ2v) is 7.22. The number of halogens is 1. The van der Waals surface area contributed by atoms with E-state index in [-0.39, 0.29) is 11.7 Å². The molecule has 2 aromatic heterocycles. The molecular weight excluding hydrogens is 383 g/mol. The fraction of sp³-hybridized carbons (Fsp3) is 0.136. The number of rotatable bonds is 4. The highest BCUT2D eigenvalue weighted by atomic mass is 19.1. The van der Waals surface area contributed by atoms with E-state index in [1.165, 1.54) is 6.07 Å². The Morgan fingerprint density at radius 1 is 1.10 bits per heavy atom. The van der Waals surface area contributed by atoms with Crippen molar-refractivity contribution in [2.24, 2.45) is 0 Å². The number of benzene rings is 2. The highest BCUT2D eigenvalue weighted by molar-refractivity contribution is 6.02. The summed E-state index contributed by atoms with van der Waals surface area (Å²) in [6.07, 6.45) is 2.79. The minimum Gasteiger partial charge on any atom is -0.356 e. The third-order valence-corrected chi connectivity index (χ3v) is 5.25. The summed E-state index contributed by atoms with van der Waals surface area (Å²) in [6.45, 7) is 1.76. The van der Waals surface area contributed by atoms with Gasteiger partial charge in [0.25, 0.3) is 5.91 Å². The van der Waals surface area contributed by atoms with Crippen molar-refractivity contribution in [3.63, 3.8) is 0 Å². The lowest BCUT2D eigenvalue weighted by Gasteiger charge is -2.18. The van der Waals surface area contributed by atoms with Gasteiger partial charge in [0.1, 0.15) is 11.5 Å². The largest absolute Gasteiger partial charge is 0.356 e. The van der Waals surface area contributed by atoms with Crippen molar-refractivity contribution < 1.29 is 9.18 Å². The molecule has 1 aliphatic heterocycles. The summed E-state index contributed by atoms with van der Waals surface area (Å²) in [6, 6.07) is 13.7. The molecule has 150 valence electrons. The smallest absolute Gasteiger partial charge is 0.263 e. The zero-order chi connectivity index (χ0) is 20.7. The van der Waals surface area contributed by atoms with Crippen LogP contribution in [-0.2, 0) is 4.79 Å². The number of carbonyl (C=O) groups is 1. The Hall–Kier alpha value is -3.94. The van der Waals surface area contributed by atoms with Crippen molar-refractivity contribution in [3.8, 4) is 11.3 Å². The van der Waals surface area contributed by atoms with E-state index in [0.717, 1.165) is 33.5 Å². The molecule has 4 N–H and O–H groups in total. The van der Waals surface area contributed by atoms with Gasteiger partial charge in [0, 0.05) is 28.9 Å². The summed E-state index contributed by atoms with van der Waals surface area (Å²) < 4.78 is 14.0. The van der Waals surface area contributed by atoms with Gasteiger partial charge in [-0.05, 0) is 37.3 Å². The number of pyridine rings is 1. The van der Waals surface area contributed by atoms with Crippen LogP contribution in [-0.4, -0.2) is 27.3 Å². The van der Waals surface area contributed by atoms with E-state index in [2.05, 4.69) is 31.1 Å². The second kappa shape index (κ2) is 7.14. The normalized spacial score (nSPS) is 15.9. The van der Waals surface area contributed by atoms with E-state index in [4.69, 9.17) is 0 Å². The van der Waals surface area contributed by atoms with Crippen LogP contribution in [0.15, 0.2) is 60.9 Å². The molecule has 7 nitrogen and oxygen atoms in total. The number of nitrogens with zero attached hydrogens (tertiary/aromatic N) is 2. The number of aromatic amines is 1. The third kappa shape index (κ3) is 3.12. The van der Waals surface area contributed by atoms with Gasteiger partial charge in [-0.25, -0.2) is 4.39 Å². The Labute approximate surface area is 171 Å². The molecule has 0 spiro atoms. The van der Waals surface area contributed by atoms with Crippen molar-refractivity contribution in [2.75, 3.05) is 10.6 Å². The fourth-order valence-corrected chi connectivity index (χ4v) is 3.71. The number of hydrogen-bond donors (Lipinski definition) is 4. The minimum absolute atomic E-state index is 0.266. The van der Waals surface area contributed by atoms with Gasteiger partial charge in [0.05, 0.1) is 22.9 Å². The van der Waals surface area contributed by atoms with Crippen molar-refractivity contribution in [1.29, 1.82) is 0 Å². The number of nitrogens with one attached hydrogen (secondary N) is 4. The molecule has 3 heterocycles. The van der Waals surface area contributed by atoms with Crippen LogP contribution in [0.2, 0.25) is 0 Å². The molecular formula is C22H19FN6O. The molecule has 0 radical (unpaired) electrons. The van der Waals surface area contributed by atoms with Crippen LogP contribution in [0.4, 0.5) is 15.8 Å². The highest BCUT2D eigenvalue weighted by Crippen LogP contribution is 2.36. The zero-order valence-corrected chi connectivity index (χ0v) is 16.1. The number of hydrogen-bond acceptors (Lipinski definition) is 5. The Bertz CT molecular complexity index is 1240. The molecule has 0 bridgehead atoms. The molecule has 0 aliphatic carbocycles. The fourth-order valence-electron chi connectivity index (χ4n) is 3.71. The van der Waals surface area contributed by atoms with E-state index in [1.807, 2.05) is 24.3 Å². The third-order valence-electron chi connectivity index (χ3n) is 5.25. The topological polar surface area (TPSA) is 94.7 Å². The van der Waals surface area contributed by atoms with E-state index in [0.29, 0.717) is 5.56 Å². The molecule has 1 aliphatic rings. The second-order valence-electron chi connectivity index (χ2n) is 7.22. The van der Waals surface area contributed by atoms with E-state index < -0.39 is 12.2 Å². The first kappa shape index (κ1) is 18.1. The molecule has 0 fully saturated rings. The van der Waals surface area contributed by atoms with Crippen molar-refractivity contribution in [3.05, 3.63) is 72.3 Å². The SMILES string of the molecule is CC(NC(=O)C1Nc2cc3[nH]nc(-c4ccncc4)c3cc2N1)c1ccccc1F. The molecule has 0 saturated heterocycles. The van der Waals surface area contributed by atoms with Crippen LogP contribution in [0.5, 0.6) is 0 Å². The number of aromatic nitrogens is 3. The van der Waals surface area contributed by atoms with Gasteiger partial charge >= 0.3 is 0 Å². The first-order valence-electron chi connectivity index (χ1n) is 9.60. The van der Waals surface area contributed by atoms with Gasteiger partial charge in [-0.2, -0.15) is 5.10 Å². The molecule has 2 unspecified atom stereocenters. The Morgan fingerprint density at radius 3 is 2.60 bits per heavy atom. The number of H-pyrrole nitrogens is 1. The predicted octanol–water partition coefficient (Wildman–Crippen LogP) is 3.80. The molecule has 0 saturated carbocycles. The lowest BCUT2D eigenvalue weighted by atomic mass is 10.1. The Kier molecular flexibility index (Phi) is 4.31. The van der Waals surface area contributed by atoms with Gasteiger partial charge in [0.2, 0.25) is 0 Å². The summed E-state index contributed by atoms with van der Waals surface area (Å²) in [5, 5.41) is 17.6. The van der Waals surface area contributed by atoms with Crippen LogP contribution >= 0.6 is 0 Å². The van der Waals surface area contributed by atoms with E-state index in [1.54, 1.807) is 37.5 Å². The monoisotopic (exact) mass is 402 g/mol. The lowest BCUT2D eigenvalue weighted by molar-refractivity contribution is -0.121. The Morgan fingerprint density at radius 2 is 1.83 bits per heavy atom. The van der Waals surface area contributed by atoms with E-state index in [9.17, 15) is 9.18 Å². The maximum atomic E-state index is 14.0. The maximum absolute atomic E-state index is 14.0. The number of carbonyl (C=O) groups excluding carboxylic acids is 1. The van der Waals surface area contributed by atoms with Crippen LogP contribution in [0.25, 0.3) is 22.2 Å². The van der Waals surface area contributed by atoms with Crippen molar-refractivity contribution >= 4 is 28.2 Å². The summed E-state index contributed by atoms with van der Waals surface area (Å²) in [4.78, 5) is 16.8. The zero-order valence-electron chi connectivity index (χ0n) is 16.1. The molecule has 5 rings (SSSR count). The molecule has 2 aromatic carbocycles. The summed E-state index contributed by atoms with van der Waals surface area (Å²) in [5.74, 6) is -0.607. The van der Waals surface area contributed by atoms with Crippen molar-refractivity contribution in [2.45, 2.75) is 19.1 Å². The van der Waals surface area contributed by atoms with Crippen LogP contribution in [0.3, 0.4) is 0 Å². The minimum atomic E-state index is -0.655. The highest BCUT2D eigenvalue weighted by Gasteiger charge is 2.28. The average molecular weight is 402 g/mol. The number of amides is 1.